The Bertz CT molecular complexity index is 599. The molecule has 6 nitrogen and oxygen atoms in total. The zero-order valence-corrected chi connectivity index (χ0v) is 14.1. The molecule has 2 aliphatic heterocycles. The van der Waals surface area contributed by atoms with Crippen LogP contribution in [0.3, 0.4) is 0 Å². The van der Waals surface area contributed by atoms with Gasteiger partial charge >= 0.3 is 0 Å². The minimum Gasteiger partial charge on any atom is -0.342 e. The number of nitro benzene ring substituents is 1. The second kappa shape index (κ2) is 7.75. The van der Waals surface area contributed by atoms with Crippen LogP contribution in [0.15, 0.2) is 24.3 Å². The fraction of sp³-hybridized carbons (Fsp3) is 0.611. The first-order valence-electron chi connectivity index (χ1n) is 8.99. The van der Waals surface area contributed by atoms with Crippen molar-refractivity contribution in [2.45, 2.75) is 38.6 Å². The van der Waals surface area contributed by atoms with Crippen LogP contribution < -0.4 is 4.90 Å². The van der Waals surface area contributed by atoms with E-state index in [1.54, 1.807) is 12.1 Å². The number of hydrogen-bond donors (Lipinski definition) is 1. The summed E-state index contributed by atoms with van der Waals surface area (Å²) >= 11 is 0. The van der Waals surface area contributed by atoms with Gasteiger partial charge in [0.25, 0.3) is 5.69 Å². The summed E-state index contributed by atoms with van der Waals surface area (Å²) in [6.45, 7) is 4.46. The summed E-state index contributed by atoms with van der Waals surface area (Å²) in [7, 11) is 0. The molecule has 130 valence electrons. The maximum atomic E-state index is 12.7. The van der Waals surface area contributed by atoms with Crippen LogP contribution in [0, 0.1) is 16.0 Å². The lowest BCUT2D eigenvalue weighted by Gasteiger charge is -2.34. The first kappa shape index (κ1) is 16.9. The summed E-state index contributed by atoms with van der Waals surface area (Å²) in [5, 5.41) is 10.9. The summed E-state index contributed by atoms with van der Waals surface area (Å²) in [5.74, 6) is 0.441. The van der Waals surface area contributed by atoms with Crippen LogP contribution >= 0.6 is 0 Å². The molecule has 2 heterocycles. The highest BCUT2D eigenvalue weighted by Crippen LogP contribution is 2.17. The second-order valence-corrected chi connectivity index (χ2v) is 7.03. The number of amides is 1. The van der Waals surface area contributed by atoms with Gasteiger partial charge in [0.05, 0.1) is 23.9 Å². The highest BCUT2D eigenvalue weighted by atomic mass is 16.6. The van der Waals surface area contributed by atoms with E-state index < -0.39 is 0 Å². The number of piperidine rings is 2. The molecular formula is C18H26N3O3+. The summed E-state index contributed by atoms with van der Waals surface area (Å²) in [6.07, 6.45) is 5.52. The van der Waals surface area contributed by atoms with Gasteiger partial charge in [0.1, 0.15) is 6.54 Å². The average Bonchev–Trinajstić information content (AvgIpc) is 2.62. The number of carbonyl (C=O) groups is 1. The van der Waals surface area contributed by atoms with Gasteiger partial charge in [-0.2, -0.15) is 0 Å². The number of benzene rings is 1. The molecule has 6 heteroatoms. The SMILES string of the molecule is O=C([C@H]1CCC[NH+](Cc2cccc([N+](=O)[O-])c2)C1)N1CCCCC1. The molecule has 0 saturated carbocycles. The Morgan fingerprint density at radius 1 is 1.25 bits per heavy atom. The lowest BCUT2D eigenvalue weighted by atomic mass is 9.95. The summed E-state index contributed by atoms with van der Waals surface area (Å²) < 4.78 is 0. The molecule has 0 aromatic heterocycles. The van der Waals surface area contributed by atoms with Gasteiger partial charge in [-0.25, -0.2) is 0 Å². The Labute approximate surface area is 142 Å². The molecule has 2 fully saturated rings. The van der Waals surface area contributed by atoms with E-state index in [4.69, 9.17) is 0 Å². The van der Waals surface area contributed by atoms with Gasteiger partial charge in [-0.3, -0.25) is 14.9 Å². The number of nitro groups is 1. The standard InChI is InChI=1S/C18H25N3O3/c22-18(20-10-2-1-3-11-20)16-7-5-9-19(14-16)13-15-6-4-8-17(12-15)21(23)24/h4,6,8,12,16H,1-3,5,7,9-11,13-14H2/p+1/t16-/m0/s1. The maximum Gasteiger partial charge on any atom is 0.269 e. The third-order valence-corrected chi connectivity index (χ3v) is 5.21. The molecule has 1 aromatic rings. The summed E-state index contributed by atoms with van der Waals surface area (Å²) in [4.78, 5) is 26.7. The molecule has 3 rings (SSSR count). The lowest BCUT2D eigenvalue weighted by Crippen LogP contribution is -3.12. The average molecular weight is 332 g/mol. The number of carbonyl (C=O) groups excluding carboxylic acids is 1. The predicted octanol–water partition coefficient (Wildman–Crippen LogP) is 1.40. The molecule has 0 bridgehead atoms. The van der Waals surface area contributed by atoms with Crippen LogP contribution in [-0.2, 0) is 11.3 Å². The van der Waals surface area contributed by atoms with Gasteiger partial charge in [-0.15, -0.1) is 0 Å². The van der Waals surface area contributed by atoms with Crippen molar-refractivity contribution in [3.8, 4) is 0 Å². The number of nitrogens with one attached hydrogen (secondary N) is 1. The Morgan fingerprint density at radius 2 is 2.04 bits per heavy atom. The van der Waals surface area contributed by atoms with Gasteiger partial charge in [0.15, 0.2) is 0 Å². The molecule has 24 heavy (non-hydrogen) atoms. The molecule has 1 unspecified atom stereocenters. The van der Waals surface area contributed by atoms with Crippen molar-refractivity contribution in [1.29, 1.82) is 0 Å². The summed E-state index contributed by atoms with van der Waals surface area (Å²) in [6, 6.07) is 6.87. The minimum atomic E-state index is -0.349. The molecule has 2 aliphatic rings. The van der Waals surface area contributed by atoms with Gasteiger partial charge < -0.3 is 9.80 Å². The van der Waals surface area contributed by atoms with Crippen molar-refractivity contribution in [1.82, 2.24) is 4.90 Å². The van der Waals surface area contributed by atoms with Crippen molar-refractivity contribution in [2.24, 2.45) is 5.92 Å². The smallest absolute Gasteiger partial charge is 0.269 e. The Morgan fingerprint density at radius 3 is 2.79 bits per heavy atom. The topological polar surface area (TPSA) is 67.9 Å². The van der Waals surface area contributed by atoms with Crippen molar-refractivity contribution in [3.05, 3.63) is 39.9 Å². The van der Waals surface area contributed by atoms with Gasteiger partial charge in [-0.05, 0) is 32.1 Å². The van der Waals surface area contributed by atoms with E-state index in [1.165, 1.54) is 17.4 Å². The third kappa shape index (κ3) is 4.12. The molecule has 0 radical (unpaired) electrons. The van der Waals surface area contributed by atoms with E-state index in [1.807, 2.05) is 11.0 Å². The van der Waals surface area contributed by atoms with Crippen molar-refractivity contribution in [2.75, 3.05) is 26.2 Å². The number of nitrogens with zero attached hydrogens (tertiary/aromatic N) is 2. The van der Waals surface area contributed by atoms with Gasteiger partial charge in [-0.1, -0.05) is 12.1 Å². The van der Waals surface area contributed by atoms with Crippen LogP contribution in [0.2, 0.25) is 0 Å². The molecule has 1 amide bonds. The number of hydrogen-bond acceptors (Lipinski definition) is 3. The highest BCUT2D eigenvalue weighted by molar-refractivity contribution is 5.79. The number of quaternary nitrogens is 1. The first-order valence-corrected chi connectivity index (χ1v) is 8.99. The van der Waals surface area contributed by atoms with E-state index in [-0.39, 0.29) is 16.5 Å². The lowest BCUT2D eigenvalue weighted by molar-refractivity contribution is -0.921. The molecule has 0 spiro atoms. The molecule has 0 aliphatic carbocycles. The van der Waals surface area contributed by atoms with Crippen LogP contribution in [0.1, 0.15) is 37.7 Å². The Kier molecular flexibility index (Phi) is 5.45. The van der Waals surface area contributed by atoms with Gasteiger partial charge in [0, 0.05) is 30.8 Å². The van der Waals surface area contributed by atoms with Crippen molar-refractivity contribution < 1.29 is 14.6 Å². The number of non-ortho nitro benzene ring substituents is 1. The van der Waals surface area contributed by atoms with Crippen LogP contribution in [0.5, 0.6) is 0 Å². The van der Waals surface area contributed by atoms with Crippen LogP contribution in [-0.4, -0.2) is 41.9 Å². The largest absolute Gasteiger partial charge is 0.342 e. The number of rotatable bonds is 4. The van der Waals surface area contributed by atoms with E-state index in [2.05, 4.69) is 0 Å². The zero-order chi connectivity index (χ0) is 16.9. The van der Waals surface area contributed by atoms with E-state index >= 15 is 0 Å². The van der Waals surface area contributed by atoms with E-state index in [0.29, 0.717) is 5.91 Å². The van der Waals surface area contributed by atoms with E-state index in [0.717, 1.165) is 64.0 Å². The third-order valence-electron chi connectivity index (χ3n) is 5.21. The second-order valence-electron chi connectivity index (χ2n) is 7.03. The van der Waals surface area contributed by atoms with Crippen molar-refractivity contribution in [3.63, 3.8) is 0 Å². The maximum absolute atomic E-state index is 12.7. The first-order chi connectivity index (χ1) is 11.6. The Balaban J connectivity index is 1.60. The fourth-order valence-corrected chi connectivity index (χ4v) is 3.96. The normalized spacial score (nSPS) is 24.6. The minimum absolute atomic E-state index is 0.116. The quantitative estimate of drug-likeness (QED) is 0.669. The van der Waals surface area contributed by atoms with Crippen LogP contribution in [0.4, 0.5) is 5.69 Å². The molecule has 2 saturated heterocycles. The fourth-order valence-electron chi connectivity index (χ4n) is 3.96. The van der Waals surface area contributed by atoms with E-state index in [9.17, 15) is 14.9 Å². The Hall–Kier alpha value is -1.95. The number of likely N-dealkylation sites (tertiary alicyclic amines) is 2. The molecular weight excluding hydrogens is 306 g/mol. The van der Waals surface area contributed by atoms with Gasteiger partial charge in [0.2, 0.25) is 5.91 Å². The zero-order valence-electron chi connectivity index (χ0n) is 14.1. The molecule has 2 atom stereocenters. The monoisotopic (exact) mass is 332 g/mol. The predicted molar refractivity (Wildman–Crippen MR) is 90.7 cm³/mol. The molecule has 1 aromatic carbocycles. The molecule has 1 N–H and O–H groups in total. The highest BCUT2D eigenvalue weighted by Gasteiger charge is 2.32. The van der Waals surface area contributed by atoms with Crippen molar-refractivity contribution >= 4 is 11.6 Å². The van der Waals surface area contributed by atoms with Crippen LogP contribution in [0.25, 0.3) is 0 Å². The summed E-state index contributed by atoms with van der Waals surface area (Å²) in [5.41, 5.74) is 1.12.